The Morgan fingerprint density at radius 1 is 0.452 bits per heavy atom. The van der Waals surface area contributed by atoms with E-state index in [1.54, 1.807) is 0 Å². The molecule has 2 aromatic heterocycles. The average Bonchev–Trinajstić information content (AvgIpc) is 3.64. The molecule has 3 heteroatoms. The second-order valence-electron chi connectivity index (χ2n) is 10.8. The van der Waals surface area contributed by atoms with Crippen LogP contribution in [0.5, 0.6) is 0 Å². The minimum atomic E-state index is 0.880. The third-order valence-electron chi connectivity index (χ3n) is 8.39. The fourth-order valence-corrected chi connectivity index (χ4v) is 6.40. The minimum Gasteiger partial charge on any atom is -0.456 e. The van der Waals surface area contributed by atoms with E-state index in [9.17, 15) is 0 Å². The molecule has 2 heterocycles. The number of benzene rings is 7. The maximum Gasteiger partial charge on any atom is 0.145 e. The van der Waals surface area contributed by atoms with E-state index in [2.05, 4.69) is 138 Å². The highest BCUT2D eigenvalue weighted by Crippen LogP contribution is 2.38. The number of nitrogens with zero attached hydrogens (tertiary/aromatic N) is 2. The van der Waals surface area contributed by atoms with E-state index in [4.69, 9.17) is 9.40 Å². The van der Waals surface area contributed by atoms with Gasteiger partial charge in [0.25, 0.3) is 0 Å². The highest BCUT2D eigenvalue weighted by Gasteiger charge is 2.19. The smallest absolute Gasteiger partial charge is 0.145 e. The van der Waals surface area contributed by atoms with Gasteiger partial charge in [-0.2, -0.15) is 0 Å². The molecule has 0 aliphatic rings. The lowest BCUT2D eigenvalue weighted by atomic mass is 10.0. The lowest BCUT2D eigenvalue weighted by Gasteiger charge is -2.12. The van der Waals surface area contributed by atoms with Crippen molar-refractivity contribution in [1.29, 1.82) is 0 Å². The Hall–Kier alpha value is -5.67. The van der Waals surface area contributed by atoms with Crippen molar-refractivity contribution in [3.05, 3.63) is 146 Å². The Bertz CT molecular complexity index is 2470. The second kappa shape index (κ2) is 8.92. The molecule has 0 N–H and O–H groups in total. The first-order valence-corrected chi connectivity index (χ1v) is 14.2. The summed E-state index contributed by atoms with van der Waals surface area (Å²) >= 11 is 0. The van der Waals surface area contributed by atoms with Crippen LogP contribution in [-0.2, 0) is 0 Å². The quantitative estimate of drug-likeness (QED) is 0.210. The van der Waals surface area contributed by atoms with Gasteiger partial charge in [0.05, 0.1) is 11.0 Å². The van der Waals surface area contributed by atoms with Gasteiger partial charge >= 0.3 is 0 Å². The van der Waals surface area contributed by atoms with Crippen molar-refractivity contribution in [3.8, 4) is 28.2 Å². The van der Waals surface area contributed by atoms with Crippen LogP contribution < -0.4 is 0 Å². The van der Waals surface area contributed by atoms with E-state index in [0.717, 1.165) is 55.4 Å². The molecular formula is C39H24N2O. The number of rotatable bonds is 3. The molecule has 9 aromatic rings. The summed E-state index contributed by atoms with van der Waals surface area (Å²) in [6.45, 7) is 0. The van der Waals surface area contributed by atoms with Crippen LogP contribution in [0.1, 0.15) is 0 Å². The lowest BCUT2D eigenvalue weighted by Crippen LogP contribution is -1.98. The molecular weight excluding hydrogens is 512 g/mol. The van der Waals surface area contributed by atoms with Crippen LogP contribution in [0.4, 0.5) is 0 Å². The normalized spacial score (nSPS) is 11.8. The molecule has 42 heavy (non-hydrogen) atoms. The van der Waals surface area contributed by atoms with Crippen LogP contribution in [0.3, 0.4) is 0 Å². The Balaban J connectivity index is 1.36. The molecule has 0 amide bonds. The second-order valence-corrected chi connectivity index (χ2v) is 10.8. The molecule has 0 aliphatic carbocycles. The molecule has 3 nitrogen and oxygen atoms in total. The molecule has 0 fully saturated rings. The summed E-state index contributed by atoms with van der Waals surface area (Å²) in [4.78, 5) is 5.40. The molecule has 0 bridgehead atoms. The number of imidazole rings is 1. The Morgan fingerprint density at radius 2 is 1.21 bits per heavy atom. The number of hydrogen-bond donors (Lipinski definition) is 0. The van der Waals surface area contributed by atoms with Crippen molar-refractivity contribution < 1.29 is 4.42 Å². The van der Waals surface area contributed by atoms with Crippen LogP contribution in [-0.4, -0.2) is 9.55 Å². The van der Waals surface area contributed by atoms with Gasteiger partial charge in [-0.1, -0.05) is 103 Å². The number of para-hydroxylation sites is 1. The largest absolute Gasteiger partial charge is 0.456 e. The fourth-order valence-electron chi connectivity index (χ4n) is 6.40. The van der Waals surface area contributed by atoms with Crippen molar-refractivity contribution in [2.24, 2.45) is 0 Å². The summed E-state index contributed by atoms with van der Waals surface area (Å²) in [6, 6.07) is 51.4. The number of fused-ring (bicyclic) bond motifs is 8. The summed E-state index contributed by atoms with van der Waals surface area (Å²) < 4.78 is 8.46. The zero-order valence-electron chi connectivity index (χ0n) is 22.7. The molecule has 0 radical (unpaired) electrons. The van der Waals surface area contributed by atoms with Crippen molar-refractivity contribution in [2.45, 2.75) is 0 Å². The van der Waals surface area contributed by atoms with Crippen LogP contribution >= 0.6 is 0 Å². The van der Waals surface area contributed by atoms with E-state index in [1.165, 1.54) is 27.3 Å². The zero-order valence-corrected chi connectivity index (χ0v) is 22.7. The molecule has 7 aromatic carbocycles. The van der Waals surface area contributed by atoms with Gasteiger partial charge in [0.2, 0.25) is 0 Å². The van der Waals surface area contributed by atoms with Crippen LogP contribution in [0.25, 0.3) is 82.7 Å². The van der Waals surface area contributed by atoms with Gasteiger partial charge in [-0.15, -0.1) is 0 Å². The van der Waals surface area contributed by atoms with Gasteiger partial charge in [-0.25, -0.2) is 4.98 Å². The highest BCUT2D eigenvalue weighted by molar-refractivity contribution is 6.16. The van der Waals surface area contributed by atoms with Gasteiger partial charge < -0.3 is 4.42 Å². The van der Waals surface area contributed by atoms with Gasteiger partial charge in [0.15, 0.2) is 0 Å². The number of hydrogen-bond acceptors (Lipinski definition) is 2. The first-order valence-electron chi connectivity index (χ1n) is 14.2. The van der Waals surface area contributed by atoms with Crippen molar-refractivity contribution in [2.75, 3.05) is 0 Å². The molecule has 0 unspecified atom stereocenters. The molecule has 0 atom stereocenters. The summed E-state index contributed by atoms with van der Waals surface area (Å²) in [7, 11) is 0. The highest BCUT2D eigenvalue weighted by atomic mass is 16.3. The molecule has 0 saturated heterocycles. The summed E-state index contributed by atoms with van der Waals surface area (Å²) in [5.41, 5.74) is 8.33. The topological polar surface area (TPSA) is 31.0 Å². The Morgan fingerprint density at radius 3 is 2.14 bits per heavy atom. The van der Waals surface area contributed by atoms with Crippen LogP contribution in [0, 0.1) is 0 Å². The van der Waals surface area contributed by atoms with E-state index in [0.29, 0.717) is 0 Å². The predicted molar refractivity (Wildman–Crippen MR) is 174 cm³/mol. The Kier molecular flexibility index (Phi) is 4.90. The first kappa shape index (κ1) is 23.1. The molecule has 0 saturated carbocycles. The number of aromatic nitrogens is 2. The van der Waals surface area contributed by atoms with Gasteiger partial charge in [0, 0.05) is 27.4 Å². The maximum atomic E-state index is 6.15. The Labute approximate surface area is 241 Å². The molecule has 0 spiro atoms. The van der Waals surface area contributed by atoms with E-state index in [1.807, 2.05) is 12.1 Å². The summed E-state index contributed by atoms with van der Waals surface area (Å²) in [6.07, 6.45) is 0. The fraction of sp³-hybridized carbons (Fsp3) is 0. The monoisotopic (exact) mass is 536 g/mol. The van der Waals surface area contributed by atoms with Gasteiger partial charge in [0.1, 0.15) is 17.0 Å². The van der Waals surface area contributed by atoms with Crippen molar-refractivity contribution >= 4 is 54.5 Å². The SMILES string of the molecule is c1ccc(-c2cccc(-n3c(-c4ccc5oc6ccccc6c5c4)nc4c5ccc6ccccc6c5ccc43)c2)cc1. The third kappa shape index (κ3) is 3.44. The standard InChI is InChI=1S/C39H24N2O/c1-2-9-25(10-3-1)27-12-8-13-29(23-27)41-35-21-20-31-30-14-5-4-11-26(30)17-19-33(31)38(35)40-39(41)28-18-22-37-34(24-28)32-15-6-7-16-36(32)42-37/h1-24H. The molecule has 196 valence electrons. The van der Waals surface area contributed by atoms with Crippen molar-refractivity contribution in [3.63, 3.8) is 0 Å². The molecule has 9 rings (SSSR count). The van der Waals surface area contributed by atoms with Gasteiger partial charge in [-0.3, -0.25) is 4.57 Å². The number of furan rings is 1. The van der Waals surface area contributed by atoms with Crippen LogP contribution in [0.15, 0.2) is 150 Å². The third-order valence-corrected chi connectivity index (χ3v) is 8.39. The van der Waals surface area contributed by atoms with Crippen molar-refractivity contribution in [1.82, 2.24) is 9.55 Å². The average molecular weight is 537 g/mol. The summed E-state index contributed by atoms with van der Waals surface area (Å²) in [5, 5.41) is 7.05. The van der Waals surface area contributed by atoms with Gasteiger partial charge in [-0.05, 0) is 69.8 Å². The first-order chi connectivity index (χ1) is 20.8. The summed E-state index contributed by atoms with van der Waals surface area (Å²) in [5.74, 6) is 0.906. The van der Waals surface area contributed by atoms with E-state index in [-0.39, 0.29) is 0 Å². The zero-order chi connectivity index (χ0) is 27.6. The maximum absolute atomic E-state index is 6.15. The van der Waals surface area contributed by atoms with E-state index >= 15 is 0 Å². The van der Waals surface area contributed by atoms with Crippen LogP contribution in [0.2, 0.25) is 0 Å². The predicted octanol–water partition coefficient (Wildman–Crippen LogP) is 10.6. The molecule has 0 aliphatic heterocycles. The lowest BCUT2D eigenvalue weighted by molar-refractivity contribution is 0.669. The minimum absolute atomic E-state index is 0.880. The van der Waals surface area contributed by atoms with E-state index < -0.39 is 0 Å².